The van der Waals surface area contributed by atoms with Crippen molar-refractivity contribution < 1.29 is 14.3 Å². The van der Waals surface area contributed by atoms with Gasteiger partial charge in [0.05, 0.1) is 5.56 Å². The van der Waals surface area contributed by atoms with Crippen LogP contribution in [0.5, 0.6) is 0 Å². The fourth-order valence-corrected chi connectivity index (χ4v) is 2.60. The second-order valence-electron chi connectivity index (χ2n) is 5.21. The zero-order valence-electron chi connectivity index (χ0n) is 11.7. The van der Waals surface area contributed by atoms with E-state index >= 15 is 0 Å². The standard InChI is InChI=1S/C15H19ClN2O3/c16-10-6-7-13(17)12(8-10)15(20)21-9-14(19)18-11-4-2-1-3-5-11/h6-8,11H,1-5,9,17H2,(H,18,19). The van der Waals surface area contributed by atoms with E-state index in [1.807, 2.05) is 0 Å². The minimum absolute atomic E-state index is 0.174. The van der Waals surface area contributed by atoms with Crippen molar-refractivity contribution in [3.05, 3.63) is 28.8 Å². The molecule has 0 aliphatic heterocycles. The van der Waals surface area contributed by atoms with Crippen LogP contribution in [-0.2, 0) is 9.53 Å². The average molecular weight is 311 g/mol. The lowest BCUT2D eigenvalue weighted by Gasteiger charge is -2.22. The Morgan fingerprint density at radius 1 is 1.29 bits per heavy atom. The summed E-state index contributed by atoms with van der Waals surface area (Å²) in [6, 6.07) is 4.74. The third-order valence-corrected chi connectivity index (χ3v) is 3.77. The molecule has 3 N–H and O–H groups in total. The number of esters is 1. The van der Waals surface area contributed by atoms with Gasteiger partial charge in [-0.2, -0.15) is 0 Å². The Labute approximate surface area is 128 Å². The molecule has 6 heteroatoms. The topological polar surface area (TPSA) is 81.4 Å². The fourth-order valence-electron chi connectivity index (χ4n) is 2.43. The fraction of sp³-hybridized carbons (Fsp3) is 0.467. The van der Waals surface area contributed by atoms with Crippen LogP contribution in [-0.4, -0.2) is 24.5 Å². The number of benzene rings is 1. The zero-order valence-corrected chi connectivity index (χ0v) is 12.5. The van der Waals surface area contributed by atoms with Crippen molar-refractivity contribution in [2.24, 2.45) is 0 Å². The molecule has 5 nitrogen and oxygen atoms in total. The summed E-state index contributed by atoms with van der Waals surface area (Å²) in [6.45, 7) is -0.304. The van der Waals surface area contributed by atoms with Crippen molar-refractivity contribution in [2.75, 3.05) is 12.3 Å². The van der Waals surface area contributed by atoms with Gasteiger partial charge in [-0.3, -0.25) is 4.79 Å². The van der Waals surface area contributed by atoms with E-state index in [9.17, 15) is 9.59 Å². The highest BCUT2D eigenvalue weighted by Gasteiger charge is 2.18. The average Bonchev–Trinajstić information content (AvgIpc) is 2.48. The van der Waals surface area contributed by atoms with Crippen LogP contribution in [0, 0.1) is 0 Å². The minimum Gasteiger partial charge on any atom is -0.452 e. The van der Waals surface area contributed by atoms with Gasteiger partial charge in [0.25, 0.3) is 5.91 Å². The normalized spacial score (nSPS) is 15.5. The van der Waals surface area contributed by atoms with Gasteiger partial charge < -0.3 is 15.8 Å². The molecule has 1 fully saturated rings. The van der Waals surface area contributed by atoms with Crippen molar-refractivity contribution in [2.45, 2.75) is 38.1 Å². The van der Waals surface area contributed by atoms with Crippen LogP contribution in [0.3, 0.4) is 0 Å². The summed E-state index contributed by atoms with van der Waals surface area (Å²) in [7, 11) is 0. The summed E-state index contributed by atoms with van der Waals surface area (Å²) in [6.07, 6.45) is 5.45. The Hall–Kier alpha value is -1.75. The van der Waals surface area contributed by atoms with Crippen molar-refractivity contribution in [3.8, 4) is 0 Å². The van der Waals surface area contributed by atoms with Crippen molar-refractivity contribution in [3.63, 3.8) is 0 Å². The number of nitrogen functional groups attached to an aromatic ring is 1. The number of nitrogens with two attached hydrogens (primary N) is 1. The highest BCUT2D eigenvalue weighted by molar-refractivity contribution is 6.31. The van der Waals surface area contributed by atoms with Crippen molar-refractivity contribution in [1.82, 2.24) is 5.32 Å². The number of anilines is 1. The lowest BCUT2D eigenvalue weighted by Crippen LogP contribution is -2.38. The molecule has 1 aliphatic carbocycles. The molecule has 0 heterocycles. The first-order chi connectivity index (χ1) is 10.1. The highest BCUT2D eigenvalue weighted by Crippen LogP contribution is 2.19. The van der Waals surface area contributed by atoms with Gasteiger partial charge in [-0.25, -0.2) is 4.79 Å². The number of ether oxygens (including phenoxy) is 1. The maximum atomic E-state index is 11.9. The molecule has 0 radical (unpaired) electrons. The third-order valence-electron chi connectivity index (χ3n) is 3.54. The third kappa shape index (κ3) is 4.63. The lowest BCUT2D eigenvalue weighted by atomic mass is 9.95. The summed E-state index contributed by atoms with van der Waals surface area (Å²) in [4.78, 5) is 23.6. The first kappa shape index (κ1) is 15.6. The maximum absolute atomic E-state index is 11.9. The molecule has 1 aliphatic rings. The quantitative estimate of drug-likeness (QED) is 0.661. The number of rotatable bonds is 4. The zero-order chi connectivity index (χ0) is 15.2. The Balaban J connectivity index is 1.82. The Morgan fingerprint density at radius 2 is 2.00 bits per heavy atom. The molecule has 0 unspecified atom stereocenters. The Morgan fingerprint density at radius 3 is 2.71 bits per heavy atom. The molecule has 0 spiro atoms. The van der Waals surface area contributed by atoms with Crippen molar-refractivity contribution >= 4 is 29.2 Å². The lowest BCUT2D eigenvalue weighted by molar-refractivity contribution is -0.125. The summed E-state index contributed by atoms with van der Waals surface area (Å²) in [5, 5.41) is 3.27. The maximum Gasteiger partial charge on any atom is 0.340 e. The van der Waals surface area contributed by atoms with E-state index in [1.165, 1.54) is 18.6 Å². The van der Waals surface area contributed by atoms with E-state index in [0.717, 1.165) is 25.7 Å². The molecule has 21 heavy (non-hydrogen) atoms. The van der Waals surface area contributed by atoms with Gasteiger partial charge in [0, 0.05) is 16.8 Å². The van der Waals surface area contributed by atoms with Gasteiger partial charge in [0.1, 0.15) is 0 Å². The number of carbonyl (C=O) groups is 2. The van der Waals surface area contributed by atoms with Crippen LogP contribution in [0.25, 0.3) is 0 Å². The summed E-state index contributed by atoms with van der Waals surface area (Å²) >= 11 is 5.81. The largest absolute Gasteiger partial charge is 0.452 e. The van der Waals surface area contributed by atoms with E-state index in [-0.39, 0.29) is 29.8 Å². The van der Waals surface area contributed by atoms with Gasteiger partial charge in [0.2, 0.25) is 0 Å². The number of amides is 1. The van der Waals surface area contributed by atoms with Crippen LogP contribution in [0.2, 0.25) is 5.02 Å². The molecule has 1 amide bonds. The summed E-state index contributed by atoms with van der Waals surface area (Å²) < 4.78 is 4.98. The Bertz CT molecular complexity index is 528. The van der Waals surface area contributed by atoms with Gasteiger partial charge in [-0.05, 0) is 31.0 Å². The second kappa shape index (κ2) is 7.31. The van der Waals surface area contributed by atoms with E-state index < -0.39 is 5.97 Å². The van der Waals surface area contributed by atoms with Crippen LogP contribution < -0.4 is 11.1 Å². The van der Waals surface area contributed by atoms with E-state index in [0.29, 0.717) is 5.02 Å². The van der Waals surface area contributed by atoms with E-state index in [4.69, 9.17) is 22.1 Å². The number of carbonyl (C=O) groups excluding carboxylic acids is 2. The SMILES string of the molecule is Nc1ccc(Cl)cc1C(=O)OCC(=O)NC1CCCCC1. The summed E-state index contributed by atoms with van der Waals surface area (Å²) in [5.41, 5.74) is 6.14. The first-order valence-corrected chi connectivity index (χ1v) is 7.45. The molecule has 1 saturated carbocycles. The van der Waals surface area contributed by atoms with Crippen LogP contribution in [0.1, 0.15) is 42.5 Å². The van der Waals surface area contributed by atoms with Crippen LogP contribution in [0.4, 0.5) is 5.69 Å². The van der Waals surface area contributed by atoms with Gasteiger partial charge in [-0.15, -0.1) is 0 Å². The molecule has 1 aromatic carbocycles. The molecule has 2 rings (SSSR count). The highest BCUT2D eigenvalue weighted by atomic mass is 35.5. The molecule has 0 bridgehead atoms. The van der Waals surface area contributed by atoms with Gasteiger partial charge in [0.15, 0.2) is 6.61 Å². The molecule has 114 valence electrons. The number of nitrogens with one attached hydrogen (secondary N) is 1. The first-order valence-electron chi connectivity index (χ1n) is 7.08. The van der Waals surface area contributed by atoms with Crippen LogP contribution in [0.15, 0.2) is 18.2 Å². The number of halogens is 1. The molecule has 0 atom stereocenters. The van der Waals surface area contributed by atoms with Crippen molar-refractivity contribution in [1.29, 1.82) is 0 Å². The molecule has 0 saturated heterocycles. The number of hydrogen-bond donors (Lipinski definition) is 2. The predicted molar refractivity (Wildman–Crippen MR) is 81.2 cm³/mol. The molecular formula is C15H19ClN2O3. The van der Waals surface area contributed by atoms with E-state index in [2.05, 4.69) is 5.32 Å². The molecular weight excluding hydrogens is 292 g/mol. The molecule has 1 aromatic rings. The van der Waals surface area contributed by atoms with Crippen LogP contribution >= 0.6 is 11.6 Å². The second-order valence-corrected chi connectivity index (χ2v) is 5.65. The smallest absolute Gasteiger partial charge is 0.340 e. The summed E-state index contributed by atoms with van der Waals surface area (Å²) in [5.74, 6) is -0.926. The minimum atomic E-state index is -0.645. The number of hydrogen-bond acceptors (Lipinski definition) is 4. The van der Waals surface area contributed by atoms with E-state index in [1.54, 1.807) is 6.07 Å². The monoisotopic (exact) mass is 310 g/mol. The molecule has 0 aromatic heterocycles. The Kier molecular flexibility index (Phi) is 5.44. The van der Waals surface area contributed by atoms with Gasteiger partial charge >= 0.3 is 5.97 Å². The van der Waals surface area contributed by atoms with Gasteiger partial charge in [-0.1, -0.05) is 30.9 Å². The predicted octanol–water partition coefficient (Wildman–Crippen LogP) is 2.53.